The van der Waals surface area contributed by atoms with Crippen molar-refractivity contribution in [3.8, 4) is 0 Å². The Balaban J connectivity index is 1.79. The van der Waals surface area contributed by atoms with Gasteiger partial charge in [0.15, 0.2) is 5.13 Å². The Kier molecular flexibility index (Phi) is 4.64. The van der Waals surface area contributed by atoms with Crippen LogP contribution in [0.4, 0.5) is 10.9 Å². The van der Waals surface area contributed by atoms with E-state index in [1.807, 2.05) is 19.9 Å². The highest BCUT2D eigenvalue weighted by Crippen LogP contribution is 2.28. The van der Waals surface area contributed by atoms with E-state index < -0.39 is 0 Å². The SMILES string of the molecule is Cc1cc(Nc2nc(C)c(C)s2)nc([C@H]2CCN(C(C)C)C2)n1. The zero-order valence-corrected chi connectivity index (χ0v) is 15.4. The minimum absolute atomic E-state index is 0.428. The van der Waals surface area contributed by atoms with Crippen LogP contribution in [0.3, 0.4) is 0 Å². The van der Waals surface area contributed by atoms with Gasteiger partial charge in [-0.1, -0.05) is 0 Å². The van der Waals surface area contributed by atoms with Crippen molar-refractivity contribution in [2.24, 2.45) is 0 Å². The molecule has 0 radical (unpaired) electrons. The van der Waals surface area contributed by atoms with E-state index in [0.29, 0.717) is 12.0 Å². The zero-order valence-electron chi connectivity index (χ0n) is 14.6. The first-order valence-corrected chi connectivity index (χ1v) is 9.04. The van der Waals surface area contributed by atoms with E-state index in [1.165, 1.54) is 4.88 Å². The van der Waals surface area contributed by atoms with Gasteiger partial charge in [-0.3, -0.25) is 0 Å². The van der Waals surface area contributed by atoms with Gasteiger partial charge < -0.3 is 10.2 Å². The van der Waals surface area contributed by atoms with E-state index in [1.54, 1.807) is 11.3 Å². The van der Waals surface area contributed by atoms with Gasteiger partial charge in [-0.2, -0.15) is 0 Å². The first-order valence-electron chi connectivity index (χ1n) is 8.23. The lowest BCUT2D eigenvalue weighted by Crippen LogP contribution is -2.28. The monoisotopic (exact) mass is 331 g/mol. The van der Waals surface area contributed by atoms with Crippen LogP contribution < -0.4 is 5.32 Å². The highest BCUT2D eigenvalue weighted by molar-refractivity contribution is 7.15. The van der Waals surface area contributed by atoms with Crippen LogP contribution in [-0.2, 0) is 0 Å². The molecule has 6 heteroatoms. The molecule has 0 aromatic carbocycles. The lowest BCUT2D eigenvalue weighted by atomic mass is 10.1. The molecular formula is C17H25N5S. The fraction of sp³-hybridized carbons (Fsp3) is 0.588. The minimum Gasteiger partial charge on any atom is -0.316 e. The summed E-state index contributed by atoms with van der Waals surface area (Å²) >= 11 is 1.67. The maximum atomic E-state index is 4.76. The third-order valence-electron chi connectivity index (χ3n) is 4.45. The standard InChI is InChI=1S/C17H25N5S/c1-10(2)22-7-6-14(9-22)16-18-11(3)8-15(20-16)21-17-19-12(4)13(5)23-17/h8,10,14H,6-7,9H2,1-5H3,(H,18,19,20,21)/t14-/m0/s1. The molecule has 0 unspecified atom stereocenters. The van der Waals surface area contributed by atoms with Gasteiger partial charge in [0.25, 0.3) is 0 Å². The summed E-state index contributed by atoms with van der Waals surface area (Å²) < 4.78 is 0. The van der Waals surface area contributed by atoms with E-state index in [4.69, 9.17) is 4.98 Å². The summed E-state index contributed by atoms with van der Waals surface area (Å²) in [6.45, 7) is 12.8. The summed E-state index contributed by atoms with van der Waals surface area (Å²) in [6.07, 6.45) is 1.14. The fourth-order valence-corrected chi connectivity index (χ4v) is 3.76. The summed E-state index contributed by atoms with van der Waals surface area (Å²) in [7, 11) is 0. The van der Waals surface area contributed by atoms with Crippen LogP contribution in [-0.4, -0.2) is 39.0 Å². The number of rotatable bonds is 4. The molecule has 1 saturated heterocycles. The molecule has 0 aliphatic carbocycles. The molecule has 2 aromatic heterocycles. The van der Waals surface area contributed by atoms with Crippen molar-refractivity contribution in [3.05, 3.63) is 28.2 Å². The van der Waals surface area contributed by atoms with Gasteiger partial charge >= 0.3 is 0 Å². The molecule has 2 aromatic rings. The number of hydrogen-bond acceptors (Lipinski definition) is 6. The van der Waals surface area contributed by atoms with Crippen LogP contribution in [0, 0.1) is 20.8 Å². The third kappa shape index (κ3) is 3.70. The molecule has 1 atom stereocenters. The molecule has 1 fully saturated rings. The van der Waals surface area contributed by atoms with Crippen molar-refractivity contribution < 1.29 is 0 Å². The highest BCUT2D eigenvalue weighted by atomic mass is 32.1. The molecule has 0 spiro atoms. The van der Waals surface area contributed by atoms with Gasteiger partial charge in [-0.25, -0.2) is 15.0 Å². The van der Waals surface area contributed by atoms with E-state index in [9.17, 15) is 0 Å². The Morgan fingerprint density at radius 1 is 1.22 bits per heavy atom. The van der Waals surface area contributed by atoms with Crippen LogP contribution in [0.5, 0.6) is 0 Å². The summed E-state index contributed by atoms with van der Waals surface area (Å²) in [6, 6.07) is 2.58. The molecular weight excluding hydrogens is 306 g/mol. The normalized spacial score (nSPS) is 18.8. The number of aryl methyl sites for hydroxylation is 3. The Hall–Kier alpha value is -1.53. The molecule has 3 rings (SSSR count). The van der Waals surface area contributed by atoms with Crippen LogP contribution in [0.15, 0.2) is 6.07 Å². The third-order valence-corrected chi connectivity index (χ3v) is 5.44. The van der Waals surface area contributed by atoms with Gasteiger partial charge in [0.2, 0.25) is 0 Å². The second-order valence-corrected chi connectivity index (χ2v) is 7.82. The average molecular weight is 331 g/mol. The van der Waals surface area contributed by atoms with Crippen molar-refractivity contribution in [1.29, 1.82) is 0 Å². The summed E-state index contributed by atoms with van der Waals surface area (Å²) in [5.41, 5.74) is 2.08. The molecule has 3 heterocycles. The predicted octanol–water partition coefficient (Wildman–Crippen LogP) is 3.80. The smallest absolute Gasteiger partial charge is 0.188 e. The van der Waals surface area contributed by atoms with Crippen LogP contribution in [0.1, 0.15) is 48.3 Å². The summed E-state index contributed by atoms with van der Waals surface area (Å²) in [4.78, 5) is 17.7. The number of anilines is 2. The fourth-order valence-electron chi connectivity index (χ4n) is 2.94. The van der Waals surface area contributed by atoms with Crippen molar-refractivity contribution in [2.45, 2.75) is 53.0 Å². The molecule has 124 valence electrons. The highest BCUT2D eigenvalue weighted by Gasteiger charge is 2.27. The maximum Gasteiger partial charge on any atom is 0.188 e. The zero-order chi connectivity index (χ0) is 16.6. The van der Waals surface area contributed by atoms with Crippen LogP contribution in [0.25, 0.3) is 0 Å². The molecule has 1 aliphatic heterocycles. The molecule has 0 amide bonds. The Morgan fingerprint density at radius 3 is 2.61 bits per heavy atom. The van der Waals surface area contributed by atoms with Crippen LogP contribution in [0.2, 0.25) is 0 Å². The Labute approximate surface area is 142 Å². The quantitative estimate of drug-likeness (QED) is 0.923. The summed E-state index contributed by atoms with van der Waals surface area (Å²) in [5, 5.41) is 4.25. The van der Waals surface area contributed by atoms with Gasteiger partial charge in [0, 0.05) is 35.1 Å². The van der Waals surface area contributed by atoms with E-state index >= 15 is 0 Å². The topological polar surface area (TPSA) is 53.9 Å². The predicted molar refractivity (Wildman–Crippen MR) is 95.7 cm³/mol. The number of thiazole rings is 1. The van der Waals surface area contributed by atoms with E-state index in [-0.39, 0.29) is 0 Å². The van der Waals surface area contributed by atoms with Gasteiger partial charge in [-0.05, 0) is 47.6 Å². The largest absolute Gasteiger partial charge is 0.316 e. The molecule has 0 bridgehead atoms. The van der Waals surface area contributed by atoms with Crippen molar-refractivity contribution in [1.82, 2.24) is 19.9 Å². The number of nitrogens with zero attached hydrogens (tertiary/aromatic N) is 4. The van der Waals surface area contributed by atoms with Gasteiger partial charge in [-0.15, -0.1) is 11.3 Å². The van der Waals surface area contributed by atoms with E-state index in [0.717, 1.165) is 47.7 Å². The minimum atomic E-state index is 0.428. The molecule has 1 N–H and O–H groups in total. The van der Waals surface area contributed by atoms with Gasteiger partial charge in [0.1, 0.15) is 11.6 Å². The molecule has 1 aliphatic rings. The van der Waals surface area contributed by atoms with Crippen molar-refractivity contribution in [3.63, 3.8) is 0 Å². The first-order chi connectivity index (χ1) is 10.9. The molecule has 0 saturated carbocycles. The summed E-state index contributed by atoms with van der Waals surface area (Å²) in [5.74, 6) is 2.24. The Morgan fingerprint density at radius 2 is 2.00 bits per heavy atom. The van der Waals surface area contributed by atoms with Gasteiger partial charge in [0.05, 0.1) is 5.69 Å². The number of likely N-dealkylation sites (tertiary alicyclic amines) is 1. The Bertz CT molecular complexity index is 675. The number of aromatic nitrogens is 3. The number of hydrogen-bond donors (Lipinski definition) is 1. The van der Waals surface area contributed by atoms with Crippen molar-refractivity contribution >= 4 is 22.3 Å². The first kappa shape index (κ1) is 16.3. The average Bonchev–Trinajstić information content (AvgIpc) is 3.06. The number of nitrogens with one attached hydrogen (secondary N) is 1. The van der Waals surface area contributed by atoms with Crippen LogP contribution >= 0.6 is 11.3 Å². The lowest BCUT2D eigenvalue weighted by Gasteiger charge is -2.20. The van der Waals surface area contributed by atoms with Crippen molar-refractivity contribution in [2.75, 3.05) is 18.4 Å². The maximum absolute atomic E-state index is 4.76. The second kappa shape index (κ2) is 6.53. The van der Waals surface area contributed by atoms with E-state index in [2.05, 4.69) is 41.0 Å². The second-order valence-electron chi connectivity index (χ2n) is 6.61. The molecule has 5 nitrogen and oxygen atoms in total. The molecule has 23 heavy (non-hydrogen) atoms. The lowest BCUT2D eigenvalue weighted by molar-refractivity contribution is 0.272.